The highest BCUT2D eigenvalue weighted by atomic mass is 16.5. The second-order valence-corrected chi connectivity index (χ2v) is 6.04. The van der Waals surface area contributed by atoms with Crippen LogP contribution in [0.2, 0.25) is 0 Å². The molecule has 2 fully saturated rings. The molecule has 0 aromatic heterocycles. The molecule has 2 heteroatoms. The normalized spacial score (nSPS) is 30.1. The van der Waals surface area contributed by atoms with E-state index < -0.39 is 0 Å². The molecule has 1 heterocycles. The zero-order valence-electron chi connectivity index (χ0n) is 11.2. The monoisotopic (exact) mass is 245 g/mol. The van der Waals surface area contributed by atoms with E-state index in [4.69, 9.17) is 10.5 Å². The lowest BCUT2D eigenvalue weighted by Crippen LogP contribution is -2.37. The third-order valence-corrected chi connectivity index (χ3v) is 4.75. The van der Waals surface area contributed by atoms with Gasteiger partial charge in [0.25, 0.3) is 0 Å². The van der Waals surface area contributed by atoms with Crippen molar-refractivity contribution in [1.82, 2.24) is 0 Å². The zero-order chi connectivity index (χ0) is 12.6. The molecule has 1 saturated heterocycles. The molecule has 1 aromatic carbocycles. The van der Waals surface area contributed by atoms with Crippen molar-refractivity contribution in [3.8, 4) is 0 Å². The Kier molecular flexibility index (Phi) is 3.16. The zero-order valence-corrected chi connectivity index (χ0v) is 11.2. The summed E-state index contributed by atoms with van der Waals surface area (Å²) in [5.74, 6) is 0.773. The highest BCUT2D eigenvalue weighted by Gasteiger charge is 2.37. The predicted octanol–water partition coefficient (Wildman–Crippen LogP) is 3.52. The van der Waals surface area contributed by atoms with E-state index in [2.05, 4.69) is 31.2 Å². The molecule has 2 atom stereocenters. The van der Waals surface area contributed by atoms with Crippen LogP contribution < -0.4 is 5.73 Å². The molecule has 0 radical (unpaired) electrons. The largest absolute Gasteiger partial charge is 0.373 e. The van der Waals surface area contributed by atoms with Gasteiger partial charge >= 0.3 is 0 Å². The van der Waals surface area contributed by atoms with Crippen LogP contribution >= 0.6 is 0 Å². The van der Waals surface area contributed by atoms with E-state index in [-0.39, 0.29) is 11.6 Å². The summed E-state index contributed by atoms with van der Waals surface area (Å²) in [4.78, 5) is 0. The van der Waals surface area contributed by atoms with Gasteiger partial charge in [-0.25, -0.2) is 0 Å². The SMILES string of the molecule is CC1(C(N)c2cccc(C3CCC3)c2)CCCO1. The number of hydrogen-bond donors (Lipinski definition) is 1. The maximum Gasteiger partial charge on any atom is 0.0847 e. The molecule has 3 rings (SSSR count). The Labute approximate surface area is 110 Å². The van der Waals surface area contributed by atoms with Gasteiger partial charge in [0.15, 0.2) is 0 Å². The van der Waals surface area contributed by atoms with Gasteiger partial charge in [0.05, 0.1) is 11.6 Å². The molecule has 1 saturated carbocycles. The van der Waals surface area contributed by atoms with Crippen molar-refractivity contribution in [2.24, 2.45) is 5.73 Å². The first-order chi connectivity index (χ1) is 8.69. The molecule has 0 spiro atoms. The van der Waals surface area contributed by atoms with Crippen molar-refractivity contribution < 1.29 is 4.74 Å². The van der Waals surface area contributed by atoms with E-state index in [0.717, 1.165) is 25.4 Å². The molecular formula is C16H23NO. The van der Waals surface area contributed by atoms with E-state index in [1.165, 1.54) is 30.4 Å². The van der Waals surface area contributed by atoms with Crippen molar-refractivity contribution >= 4 is 0 Å². The van der Waals surface area contributed by atoms with E-state index in [9.17, 15) is 0 Å². The lowest BCUT2D eigenvalue weighted by atomic mass is 9.78. The van der Waals surface area contributed by atoms with Gasteiger partial charge in [0, 0.05) is 6.61 Å². The minimum absolute atomic E-state index is 0.0000246. The summed E-state index contributed by atoms with van der Waals surface area (Å²) in [7, 11) is 0. The second-order valence-electron chi connectivity index (χ2n) is 6.04. The Morgan fingerprint density at radius 2 is 2.17 bits per heavy atom. The lowest BCUT2D eigenvalue weighted by molar-refractivity contribution is -0.00176. The highest BCUT2D eigenvalue weighted by molar-refractivity contribution is 5.31. The molecule has 2 unspecified atom stereocenters. The second kappa shape index (κ2) is 4.67. The summed E-state index contributed by atoms with van der Waals surface area (Å²) >= 11 is 0. The molecule has 1 aliphatic heterocycles. The predicted molar refractivity (Wildman–Crippen MR) is 73.6 cm³/mol. The maximum atomic E-state index is 6.44. The number of ether oxygens (including phenoxy) is 1. The van der Waals surface area contributed by atoms with Crippen LogP contribution in [0, 0.1) is 0 Å². The van der Waals surface area contributed by atoms with Crippen molar-refractivity contribution in [2.45, 2.75) is 56.6 Å². The van der Waals surface area contributed by atoms with Crippen molar-refractivity contribution in [1.29, 1.82) is 0 Å². The van der Waals surface area contributed by atoms with Crippen molar-refractivity contribution in [2.75, 3.05) is 6.61 Å². The summed E-state index contributed by atoms with van der Waals surface area (Å²) in [5, 5.41) is 0. The fraction of sp³-hybridized carbons (Fsp3) is 0.625. The molecule has 98 valence electrons. The number of nitrogens with two attached hydrogens (primary N) is 1. The molecule has 1 aromatic rings. The molecule has 2 aliphatic rings. The van der Waals surface area contributed by atoms with E-state index in [0.29, 0.717) is 0 Å². The Balaban J connectivity index is 1.82. The minimum Gasteiger partial charge on any atom is -0.373 e. The molecule has 2 N–H and O–H groups in total. The first kappa shape index (κ1) is 12.2. The molecule has 18 heavy (non-hydrogen) atoms. The van der Waals surface area contributed by atoms with E-state index >= 15 is 0 Å². The first-order valence-corrected chi connectivity index (χ1v) is 7.18. The number of benzene rings is 1. The number of hydrogen-bond acceptors (Lipinski definition) is 2. The van der Waals surface area contributed by atoms with Gasteiger partial charge in [-0.2, -0.15) is 0 Å². The van der Waals surface area contributed by atoms with Crippen molar-refractivity contribution in [3.63, 3.8) is 0 Å². The summed E-state index contributed by atoms with van der Waals surface area (Å²) in [6.45, 7) is 3.01. The summed E-state index contributed by atoms with van der Waals surface area (Å²) in [5.41, 5.74) is 8.98. The van der Waals surface area contributed by atoms with Gasteiger partial charge in [-0.05, 0) is 49.7 Å². The Morgan fingerprint density at radius 3 is 2.78 bits per heavy atom. The highest BCUT2D eigenvalue weighted by Crippen LogP contribution is 2.39. The van der Waals surface area contributed by atoms with Gasteiger partial charge in [-0.1, -0.05) is 30.7 Å². The van der Waals surface area contributed by atoms with Crippen LogP contribution in [0.4, 0.5) is 0 Å². The molecule has 0 amide bonds. The van der Waals surface area contributed by atoms with Crippen LogP contribution in [0.15, 0.2) is 24.3 Å². The average Bonchev–Trinajstić information content (AvgIpc) is 2.75. The molecule has 1 aliphatic carbocycles. The molecular weight excluding hydrogens is 222 g/mol. The first-order valence-electron chi connectivity index (χ1n) is 7.18. The smallest absolute Gasteiger partial charge is 0.0847 e. The standard InChI is InChI=1S/C16H23NO/c1-16(9-4-10-18-16)15(17)14-8-3-7-13(11-14)12-5-2-6-12/h3,7-8,11-12,15H,2,4-6,9-10,17H2,1H3. The van der Waals surface area contributed by atoms with Gasteiger partial charge in [-0.3, -0.25) is 0 Å². The minimum atomic E-state index is -0.168. The summed E-state index contributed by atoms with van der Waals surface area (Å²) in [6.07, 6.45) is 6.26. The Bertz CT molecular complexity index is 419. The van der Waals surface area contributed by atoms with Gasteiger partial charge in [0.1, 0.15) is 0 Å². The Hall–Kier alpha value is -0.860. The van der Waals surface area contributed by atoms with Crippen LogP contribution in [-0.2, 0) is 4.74 Å². The van der Waals surface area contributed by atoms with Gasteiger partial charge < -0.3 is 10.5 Å². The topological polar surface area (TPSA) is 35.2 Å². The molecule has 0 bridgehead atoms. The van der Waals surface area contributed by atoms with Gasteiger partial charge in [0.2, 0.25) is 0 Å². The van der Waals surface area contributed by atoms with Crippen LogP contribution in [0.25, 0.3) is 0 Å². The van der Waals surface area contributed by atoms with E-state index in [1.807, 2.05) is 0 Å². The van der Waals surface area contributed by atoms with Crippen LogP contribution in [0.1, 0.15) is 62.1 Å². The quantitative estimate of drug-likeness (QED) is 0.884. The van der Waals surface area contributed by atoms with Crippen LogP contribution in [-0.4, -0.2) is 12.2 Å². The number of rotatable bonds is 3. The average molecular weight is 245 g/mol. The van der Waals surface area contributed by atoms with Crippen LogP contribution in [0.3, 0.4) is 0 Å². The third kappa shape index (κ3) is 2.08. The molecule has 2 nitrogen and oxygen atoms in total. The summed E-state index contributed by atoms with van der Waals surface area (Å²) < 4.78 is 5.87. The van der Waals surface area contributed by atoms with Crippen molar-refractivity contribution in [3.05, 3.63) is 35.4 Å². The fourth-order valence-corrected chi connectivity index (χ4v) is 3.15. The third-order valence-electron chi connectivity index (χ3n) is 4.75. The maximum absolute atomic E-state index is 6.44. The fourth-order valence-electron chi connectivity index (χ4n) is 3.15. The van der Waals surface area contributed by atoms with Gasteiger partial charge in [-0.15, -0.1) is 0 Å². The van der Waals surface area contributed by atoms with Crippen LogP contribution in [0.5, 0.6) is 0 Å². The Morgan fingerprint density at radius 1 is 1.33 bits per heavy atom. The lowest BCUT2D eigenvalue weighted by Gasteiger charge is -2.32. The summed E-state index contributed by atoms with van der Waals surface area (Å²) in [6, 6.07) is 8.86. The van der Waals surface area contributed by atoms with E-state index in [1.54, 1.807) is 0 Å².